The number of amidine groups is 1. The molecule has 3 nitrogen and oxygen atoms in total. The fraction of sp³-hybridized carbons (Fsp3) is 0.200. The zero-order valence-corrected chi connectivity index (χ0v) is 13.1. The summed E-state index contributed by atoms with van der Waals surface area (Å²) < 4.78 is 0. The highest BCUT2D eigenvalue weighted by molar-refractivity contribution is 8.13. The largest absolute Gasteiger partial charge is 0.300 e. The Morgan fingerprint density at radius 1 is 1.30 bits per heavy atom. The quantitative estimate of drug-likeness (QED) is 0.681. The van der Waals surface area contributed by atoms with Crippen molar-refractivity contribution in [2.45, 2.75) is 13.8 Å². The monoisotopic (exact) mass is 304 g/mol. The third-order valence-corrected chi connectivity index (χ3v) is 4.14. The lowest BCUT2D eigenvalue weighted by molar-refractivity contribution is 0.0982. The fourth-order valence-electron chi connectivity index (χ4n) is 1.54. The van der Waals surface area contributed by atoms with Crippen molar-refractivity contribution in [3.05, 3.63) is 52.2 Å². The van der Waals surface area contributed by atoms with Crippen molar-refractivity contribution in [2.75, 3.05) is 5.75 Å². The Hall–Kier alpha value is -1.59. The average Bonchev–Trinajstić information content (AvgIpc) is 2.96. The number of carbonyl (C=O) groups is 1. The molecule has 0 unspecified atom stereocenters. The third kappa shape index (κ3) is 4.21. The van der Waals surface area contributed by atoms with E-state index < -0.39 is 0 Å². The highest BCUT2D eigenvalue weighted by Gasteiger charge is 2.09. The number of thioether (sulfide) groups is 1. The van der Waals surface area contributed by atoms with Crippen LogP contribution in [0.2, 0.25) is 0 Å². The number of nitrogens with zero attached hydrogens (tertiary/aromatic N) is 1. The number of thiophene rings is 1. The van der Waals surface area contributed by atoms with Gasteiger partial charge in [-0.3, -0.25) is 4.79 Å². The highest BCUT2D eigenvalue weighted by Crippen LogP contribution is 2.16. The molecular weight excluding hydrogens is 288 g/mol. The molecule has 0 spiro atoms. The topological polar surface area (TPSA) is 41.5 Å². The Balaban J connectivity index is 2.14. The number of nitrogens with one attached hydrogen (secondary N) is 1. The summed E-state index contributed by atoms with van der Waals surface area (Å²) in [7, 11) is 0. The van der Waals surface area contributed by atoms with Gasteiger partial charge in [0.1, 0.15) is 0 Å². The molecule has 0 bridgehead atoms. The molecule has 0 saturated heterocycles. The number of hydrogen-bond acceptors (Lipinski definition) is 4. The van der Waals surface area contributed by atoms with E-state index in [9.17, 15) is 4.79 Å². The summed E-state index contributed by atoms with van der Waals surface area (Å²) in [6.07, 6.45) is 0. The van der Waals surface area contributed by atoms with E-state index in [1.54, 1.807) is 6.07 Å². The van der Waals surface area contributed by atoms with Crippen LogP contribution in [0.15, 0.2) is 46.8 Å². The Bertz CT molecular complexity index is 589. The molecule has 1 aromatic heterocycles. The van der Waals surface area contributed by atoms with Crippen LogP contribution in [0.25, 0.3) is 0 Å². The zero-order valence-electron chi connectivity index (χ0n) is 11.4. The Morgan fingerprint density at radius 3 is 2.65 bits per heavy atom. The maximum absolute atomic E-state index is 12.0. The standard InChI is InChI=1S/C15H16N2OS2/c1-3-19-15(16-12-8-6-11(2)7-9-12)17-14(18)13-5-4-10-20-13/h4-10H,3H2,1-2H3,(H,16,17,18). The lowest BCUT2D eigenvalue weighted by Gasteiger charge is -2.06. The molecule has 0 aliphatic rings. The summed E-state index contributed by atoms with van der Waals surface area (Å²) in [4.78, 5) is 17.2. The maximum Gasteiger partial charge on any atom is 0.267 e. The normalized spacial score (nSPS) is 11.4. The van der Waals surface area contributed by atoms with Gasteiger partial charge in [0, 0.05) is 0 Å². The summed E-state index contributed by atoms with van der Waals surface area (Å²) in [5.74, 6) is 0.752. The van der Waals surface area contributed by atoms with Crippen molar-refractivity contribution >= 4 is 39.9 Å². The van der Waals surface area contributed by atoms with Crippen LogP contribution in [0, 0.1) is 6.92 Å². The summed E-state index contributed by atoms with van der Waals surface area (Å²) >= 11 is 2.95. The summed E-state index contributed by atoms with van der Waals surface area (Å²) in [6, 6.07) is 11.6. The van der Waals surface area contributed by atoms with Gasteiger partial charge in [0.15, 0.2) is 5.17 Å². The second kappa shape index (κ2) is 7.26. The van der Waals surface area contributed by atoms with Gasteiger partial charge in [-0.15, -0.1) is 11.3 Å². The molecule has 0 saturated carbocycles. The molecule has 0 radical (unpaired) electrons. The van der Waals surface area contributed by atoms with Crippen LogP contribution < -0.4 is 5.32 Å². The van der Waals surface area contributed by atoms with Gasteiger partial charge in [-0.25, -0.2) is 4.99 Å². The summed E-state index contributed by atoms with van der Waals surface area (Å²) in [5.41, 5.74) is 2.04. The molecule has 104 valence electrons. The van der Waals surface area contributed by atoms with Gasteiger partial charge in [-0.1, -0.05) is 42.4 Å². The van der Waals surface area contributed by atoms with Gasteiger partial charge < -0.3 is 5.32 Å². The van der Waals surface area contributed by atoms with E-state index in [0.29, 0.717) is 10.0 Å². The Morgan fingerprint density at radius 2 is 2.05 bits per heavy atom. The van der Waals surface area contributed by atoms with E-state index in [1.165, 1.54) is 28.7 Å². The van der Waals surface area contributed by atoms with Crippen molar-refractivity contribution in [3.8, 4) is 0 Å². The van der Waals surface area contributed by atoms with E-state index >= 15 is 0 Å². The van der Waals surface area contributed by atoms with Crippen LogP contribution in [-0.4, -0.2) is 16.8 Å². The minimum atomic E-state index is -0.105. The van der Waals surface area contributed by atoms with Gasteiger partial charge >= 0.3 is 0 Å². The molecule has 0 aliphatic carbocycles. The van der Waals surface area contributed by atoms with Crippen LogP contribution in [0.5, 0.6) is 0 Å². The SMILES string of the molecule is CCSC(=Nc1ccc(C)cc1)NC(=O)c1cccs1. The lowest BCUT2D eigenvalue weighted by atomic mass is 10.2. The average molecular weight is 304 g/mol. The molecular formula is C15H16N2OS2. The molecule has 2 aromatic rings. The minimum absolute atomic E-state index is 0.105. The molecule has 1 aromatic carbocycles. The third-order valence-electron chi connectivity index (χ3n) is 2.51. The van der Waals surface area contributed by atoms with Crippen molar-refractivity contribution in [1.29, 1.82) is 0 Å². The van der Waals surface area contributed by atoms with E-state index in [4.69, 9.17) is 0 Å². The van der Waals surface area contributed by atoms with E-state index in [0.717, 1.165) is 11.4 Å². The molecule has 0 fully saturated rings. The predicted octanol–water partition coefficient (Wildman–Crippen LogP) is 4.23. The minimum Gasteiger partial charge on any atom is -0.300 e. The van der Waals surface area contributed by atoms with E-state index in [2.05, 4.69) is 10.3 Å². The van der Waals surface area contributed by atoms with Gasteiger partial charge in [0.2, 0.25) is 0 Å². The van der Waals surface area contributed by atoms with Crippen LogP contribution >= 0.6 is 23.1 Å². The Labute approximate surface area is 127 Å². The van der Waals surface area contributed by atoms with Gasteiger partial charge in [-0.2, -0.15) is 0 Å². The van der Waals surface area contributed by atoms with Crippen molar-refractivity contribution in [3.63, 3.8) is 0 Å². The van der Waals surface area contributed by atoms with Gasteiger partial charge in [-0.05, 0) is 36.3 Å². The molecule has 1 heterocycles. The second-order valence-electron chi connectivity index (χ2n) is 4.12. The number of rotatable bonds is 3. The molecule has 1 N–H and O–H groups in total. The maximum atomic E-state index is 12.0. The zero-order chi connectivity index (χ0) is 14.4. The van der Waals surface area contributed by atoms with Crippen LogP contribution in [0.1, 0.15) is 22.2 Å². The molecule has 0 aliphatic heterocycles. The summed E-state index contributed by atoms with van der Waals surface area (Å²) in [6.45, 7) is 4.07. The first-order chi connectivity index (χ1) is 9.69. The predicted molar refractivity (Wildman–Crippen MR) is 88.2 cm³/mol. The number of amides is 1. The number of carbonyl (C=O) groups excluding carboxylic acids is 1. The van der Waals surface area contributed by atoms with E-state index in [-0.39, 0.29) is 5.91 Å². The van der Waals surface area contributed by atoms with Crippen molar-refractivity contribution < 1.29 is 4.79 Å². The molecule has 0 atom stereocenters. The second-order valence-corrected chi connectivity index (χ2v) is 6.32. The number of hydrogen-bond donors (Lipinski definition) is 1. The van der Waals surface area contributed by atoms with Crippen LogP contribution in [0.3, 0.4) is 0 Å². The van der Waals surface area contributed by atoms with Gasteiger partial charge in [0.05, 0.1) is 10.6 Å². The molecule has 20 heavy (non-hydrogen) atoms. The number of aryl methyl sites for hydroxylation is 1. The number of benzene rings is 1. The first-order valence-corrected chi connectivity index (χ1v) is 8.18. The highest BCUT2D eigenvalue weighted by atomic mass is 32.2. The van der Waals surface area contributed by atoms with Crippen LogP contribution in [-0.2, 0) is 0 Å². The fourth-order valence-corrected chi connectivity index (χ4v) is 2.76. The smallest absolute Gasteiger partial charge is 0.267 e. The first kappa shape index (κ1) is 14.8. The number of aliphatic imine (C=N–C) groups is 1. The van der Waals surface area contributed by atoms with Crippen molar-refractivity contribution in [2.24, 2.45) is 4.99 Å². The lowest BCUT2D eigenvalue weighted by Crippen LogP contribution is -2.27. The molecule has 2 rings (SSSR count). The first-order valence-electron chi connectivity index (χ1n) is 6.32. The van der Waals surface area contributed by atoms with Gasteiger partial charge in [0.25, 0.3) is 5.91 Å². The molecule has 5 heteroatoms. The Kier molecular flexibility index (Phi) is 5.38. The summed E-state index contributed by atoms with van der Waals surface area (Å²) in [5, 5.41) is 5.39. The van der Waals surface area contributed by atoms with E-state index in [1.807, 2.05) is 49.6 Å². The molecule has 1 amide bonds. The van der Waals surface area contributed by atoms with Crippen LogP contribution in [0.4, 0.5) is 5.69 Å². The van der Waals surface area contributed by atoms with Crippen molar-refractivity contribution in [1.82, 2.24) is 5.32 Å².